The summed E-state index contributed by atoms with van der Waals surface area (Å²) < 4.78 is 13.8. The summed E-state index contributed by atoms with van der Waals surface area (Å²) >= 11 is 0. The number of aliphatic hydroxyl groups is 1. The fraction of sp³-hybridized carbons (Fsp3) is 0.464. The molecular formula is C28H37N7O5. The number of rotatable bonds is 7. The molecule has 3 atom stereocenters. The van der Waals surface area contributed by atoms with Crippen molar-refractivity contribution in [3.05, 3.63) is 60.6 Å². The van der Waals surface area contributed by atoms with E-state index in [0.29, 0.717) is 43.2 Å². The Morgan fingerprint density at radius 1 is 1.30 bits per heavy atom. The minimum absolute atomic E-state index is 0.0340. The van der Waals surface area contributed by atoms with E-state index in [-0.39, 0.29) is 43.7 Å². The van der Waals surface area contributed by atoms with Crippen molar-refractivity contribution in [1.29, 1.82) is 0 Å². The van der Waals surface area contributed by atoms with Gasteiger partial charge in [-0.1, -0.05) is 24.3 Å². The van der Waals surface area contributed by atoms with Crippen LogP contribution in [0.15, 0.2) is 54.9 Å². The highest BCUT2D eigenvalue weighted by Crippen LogP contribution is 2.23. The third-order valence-electron chi connectivity index (χ3n) is 6.89. The Bertz CT molecular complexity index is 1250. The molecule has 2 aromatic heterocycles. The van der Waals surface area contributed by atoms with E-state index in [0.717, 1.165) is 5.69 Å². The molecule has 3 aromatic rings. The average molecular weight is 552 g/mol. The number of aryl methyl sites for hydroxylation is 1. The van der Waals surface area contributed by atoms with E-state index in [2.05, 4.69) is 20.6 Å². The van der Waals surface area contributed by atoms with Gasteiger partial charge in [0, 0.05) is 63.0 Å². The number of aromatic nitrogens is 4. The summed E-state index contributed by atoms with van der Waals surface area (Å²) in [7, 11) is 1.70. The van der Waals surface area contributed by atoms with Gasteiger partial charge in [0.1, 0.15) is 5.75 Å². The maximum absolute atomic E-state index is 13.2. The quantitative estimate of drug-likeness (QED) is 0.457. The second-order valence-electron chi connectivity index (χ2n) is 10.1. The van der Waals surface area contributed by atoms with Gasteiger partial charge in [0.05, 0.1) is 37.3 Å². The van der Waals surface area contributed by atoms with Crippen molar-refractivity contribution in [1.82, 2.24) is 29.8 Å². The lowest BCUT2D eigenvalue weighted by molar-refractivity contribution is -0.136. The molecule has 1 aromatic carbocycles. The molecule has 3 heterocycles. The highest BCUT2D eigenvalue weighted by atomic mass is 16.5. The smallest absolute Gasteiger partial charge is 0.321 e. The number of nitrogens with zero attached hydrogens (tertiary/aromatic N) is 6. The van der Waals surface area contributed by atoms with Gasteiger partial charge in [0.15, 0.2) is 0 Å². The molecule has 214 valence electrons. The van der Waals surface area contributed by atoms with Crippen LogP contribution in [0.3, 0.4) is 0 Å². The van der Waals surface area contributed by atoms with Gasteiger partial charge in [-0.15, -0.1) is 5.10 Å². The predicted molar refractivity (Wildman–Crippen MR) is 148 cm³/mol. The second-order valence-corrected chi connectivity index (χ2v) is 10.1. The molecule has 0 aliphatic carbocycles. The van der Waals surface area contributed by atoms with Gasteiger partial charge in [-0.3, -0.25) is 4.79 Å². The van der Waals surface area contributed by atoms with Gasteiger partial charge in [-0.25, -0.2) is 14.5 Å². The standard InChI is InChI=1S/C28H37N7O5/c1-20-16-34(21(2)18-36)27(37)11-7-13-35-23(15-30-32-35)19-39-25(20)17-33(3)28(38)31-22-8-6-9-24(14-22)40-26-10-4-5-12-29-26/h4-6,8-10,12,14-15,20-21,25,36H,7,11,13,16-19H2,1-3H3,(H,31,38)/t20-,21-,25-/m1/s1. The summed E-state index contributed by atoms with van der Waals surface area (Å²) in [5.41, 5.74) is 1.38. The summed E-state index contributed by atoms with van der Waals surface area (Å²) in [6.45, 7) is 5.15. The molecule has 0 saturated carbocycles. The molecule has 0 bridgehead atoms. The molecule has 0 fully saturated rings. The van der Waals surface area contributed by atoms with Crippen LogP contribution >= 0.6 is 0 Å². The number of hydrogen-bond donors (Lipinski definition) is 2. The van der Waals surface area contributed by atoms with Gasteiger partial charge >= 0.3 is 6.03 Å². The van der Waals surface area contributed by atoms with Crippen LogP contribution in [-0.2, 0) is 22.7 Å². The maximum Gasteiger partial charge on any atom is 0.321 e. The molecular weight excluding hydrogens is 514 g/mol. The van der Waals surface area contributed by atoms with Crippen LogP contribution in [0.1, 0.15) is 32.4 Å². The highest BCUT2D eigenvalue weighted by Gasteiger charge is 2.29. The number of likely N-dealkylation sites (N-methyl/N-ethyl adjacent to an activating group) is 1. The molecule has 40 heavy (non-hydrogen) atoms. The first kappa shape index (κ1) is 29.0. The molecule has 0 spiro atoms. The van der Waals surface area contributed by atoms with Crippen LogP contribution in [0.25, 0.3) is 0 Å². The number of carbonyl (C=O) groups excluding carboxylic acids is 2. The van der Waals surface area contributed by atoms with Crippen LogP contribution in [0.2, 0.25) is 0 Å². The summed E-state index contributed by atoms with van der Waals surface area (Å²) in [6, 6.07) is 11.8. The molecule has 1 aliphatic heterocycles. The third kappa shape index (κ3) is 7.76. The number of urea groups is 1. The van der Waals surface area contributed by atoms with Crippen molar-refractivity contribution >= 4 is 17.6 Å². The van der Waals surface area contributed by atoms with Gasteiger partial charge in [0.25, 0.3) is 0 Å². The number of nitrogens with one attached hydrogen (secondary N) is 1. The average Bonchev–Trinajstić information content (AvgIpc) is 3.40. The van der Waals surface area contributed by atoms with Crippen LogP contribution < -0.4 is 10.1 Å². The summed E-state index contributed by atoms with van der Waals surface area (Å²) in [4.78, 5) is 33.6. The Labute approximate surface area is 233 Å². The topological polar surface area (TPSA) is 135 Å². The molecule has 1 aliphatic rings. The molecule has 12 nitrogen and oxygen atoms in total. The van der Waals surface area contributed by atoms with Crippen molar-refractivity contribution in [3.63, 3.8) is 0 Å². The minimum Gasteiger partial charge on any atom is -0.439 e. The number of ether oxygens (including phenoxy) is 2. The van der Waals surface area contributed by atoms with E-state index in [1.54, 1.807) is 70.3 Å². The van der Waals surface area contributed by atoms with Crippen molar-refractivity contribution in [2.24, 2.45) is 5.92 Å². The lowest BCUT2D eigenvalue weighted by Crippen LogP contribution is -2.48. The zero-order valence-corrected chi connectivity index (χ0v) is 23.1. The Morgan fingerprint density at radius 3 is 2.92 bits per heavy atom. The lowest BCUT2D eigenvalue weighted by atomic mass is 10.0. The summed E-state index contributed by atoms with van der Waals surface area (Å²) in [6.07, 6.45) is 3.85. The normalized spacial score (nSPS) is 19.1. The lowest BCUT2D eigenvalue weighted by Gasteiger charge is -2.35. The number of benzene rings is 1. The Balaban J connectivity index is 1.45. The van der Waals surface area contributed by atoms with Crippen LogP contribution in [0.5, 0.6) is 11.6 Å². The first-order valence-electron chi connectivity index (χ1n) is 13.4. The number of amides is 3. The first-order chi connectivity index (χ1) is 19.3. The Hall–Kier alpha value is -4.03. The van der Waals surface area contributed by atoms with Crippen molar-refractivity contribution < 1.29 is 24.2 Å². The van der Waals surface area contributed by atoms with Gasteiger partial charge in [-0.2, -0.15) is 0 Å². The monoisotopic (exact) mass is 551 g/mol. The van der Waals surface area contributed by atoms with Gasteiger partial charge < -0.3 is 29.7 Å². The maximum atomic E-state index is 13.2. The number of pyridine rings is 1. The second kappa shape index (κ2) is 13.9. The number of anilines is 1. The number of hydrogen-bond acceptors (Lipinski definition) is 8. The Kier molecular flexibility index (Phi) is 10.0. The van der Waals surface area contributed by atoms with Crippen LogP contribution in [0, 0.1) is 5.92 Å². The van der Waals surface area contributed by atoms with E-state index in [4.69, 9.17) is 9.47 Å². The SMILES string of the molecule is C[C@@H]1CN([C@H](C)CO)C(=O)CCCn2nncc2CO[C@@H]1CN(C)C(=O)Nc1cccc(Oc2ccccn2)c1. The molecule has 0 unspecified atom stereocenters. The van der Waals surface area contributed by atoms with Crippen molar-refractivity contribution in [3.8, 4) is 11.6 Å². The predicted octanol–water partition coefficient (Wildman–Crippen LogP) is 3.15. The zero-order chi connectivity index (χ0) is 28.5. The zero-order valence-electron chi connectivity index (χ0n) is 23.1. The van der Waals surface area contributed by atoms with Crippen molar-refractivity contribution in [2.75, 3.05) is 32.1 Å². The van der Waals surface area contributed by atoms with Crippen LogP contribution in [-0.4, -0.2) is 85.7 Å². The minimum atomic E-state index is -0.404. The first-order valence-corrected chi connectivity index (χ1v) is 13.4. The van der Waals surface area contributed by atoms with Crippen LogP contribution in [0.4, 0.5) is 10.5 Å². The summed E-state index contributed by atoms with van der Waals surface area (Å²) in [5.74, 6) is 0.833. The number of aliphatic hydroxyl groups excluding tert-OH is 1. The summed E-state index contributed by atoms with van der Waals surface area (Å²) in [5, 5.41) is 20.8. The largest absolute Gasteiger partial charge is 0.439 e. The van der Waals surface area contributed by atoms with E-state index in [9.17, 15) is 14.7 Å². The number of fused-ring (bicyclic) bond motifs is 1. The van der Waals surface area contributed by atoms with E-state index in [1.165, 1.54) is 0 Å². The highest BCUT2D eigenvalue weighted by molar-refractivity contribution is 5.89. The Morgan fingerprint density at radius 2 is 2.15 bits per heavy atom. The van der Waals surface area contributed by atoms with Gasteiger partial charge in [-0.05, 0) is 31.5 Å². The molecule has 0 radical (unpaired) electrons. The van der Waals surface area contributed by atoms with E-state index >= 15 is 0 Å². The fourth-order valence-corrected chi connectivity index (χ4v) is 4.48. The number of carbonyl (C=O) groups is 2. The third-order valence-corrected chi connectivity index (χ3v) is 6.89. The molecule has 0 saturated heterocycles. The molecule has 12 heteroatoms. The fourth-order valence-electron chi connectivity index (χ4n) is 4.48. The van der Waals surface area contributed by atoms with E-state index in [1.807, 2.05) is 19.9 Å². The molecule has 2 N–H and O–H groups in total. The molecule has 4 rings (SSSR count). The molecule has 3 amide bonds. The van der Waals surface area contributed by atoms with Crippen molar-refractivity contribution in [2.45, 2.75) is 52.0 Å². The van der Waals surface area contributed by atoms with Gasteiger partial charge in [0.2, 0.25) is 11.8 Å². The van der Waals surface area contributed by atoms with E-state index < -0.39 is 6.10 Å².